The third kappa shape index (κ3) is 1.67. The predicted octanol–water partition coefficient (Wildman–Crippen LogP) is -0.899. The Kier molecular flexibility index (Phi) is 2.62. The Morgan fingerprint density at radius 2 is 2.20 bits per heavy atom. The summed E-state index contributed by atoms with van der Waals surface area (Å²) in [5.74, 6) is 0. The molecule has 0 radical (unpaired) electrons. The molecule has 0 amide bonds. The molecular weight excluding hydrogens is 136 g/mol. The summed E-state index contributed by atoms with van der Waals surface area (Å²) >= 11 is 0. The lowest BCUT2D eigenvalue weighted by Crippen LogP contribution is -2.42. The zero-order valence-electron chi connectivity index (χ0n) is 5.86. The number of ether oxygens (including phenoxy) is 2. The zero-order chi connectivity index (χ0) is 7.56. The fourth-order valence-corrected chi connectivity index (χ4v) is 0.994. The van der Waals surface area contributed by atoms with Gasteiger partial charge < -0.3 is 19.7 Å². The van der Waals surface area contributed by atoms with Gasteiger partial charge in [-0.3, -0.25) is 0 Å². The van der Waals surface area contributed by atoms with E-state index >= 15 is 0 Å². The lowest BCUT2D eigenvalue weighted by Gasteiger charge is -2.29. The second-order valence-electron chi connectivity index (χ2n) is 2.37. The maximum atomic E-state index is 9.13. The Morgan fingerprint density at radius 1 is 1.50 bits per heavy atom. The van der Waals surface area contributed by atoms with E-state index in [0.29, 0.717) is 6.42 Å². The van der Waals surface area contributed by atoms with Crippen LogP contribution in [0.5, 0.6) is 0 Å². The van der Waals surface area contributed by atoms with Crippen molar-refractivity contribution in [2.24, 2.45) is 0 Å². The minimum absolute atomic E-state index is 0.152. The van der Waals surface area contributed by atoms with Gasteiger partial charge in [0.1, 0.15) is 6.10 Å². The van der Waals surface area contributed by atoms with Crippen molar-refractivity contribution in [1.29, 1.82) is 0 Å². The highest BCUT2D eigenvalue weighted by molar-refractivity contribution is 4.73. The van der Waals surface area contributed by atoms with Gasteiger partial charge in [-0.1, -0.05) is 0 Å². The molecule has 1 saturated heterocycles. The van der Waals surface area contributed by atoms with Gasteiger partial charge in [0, 0.05) is 13.5 Å². The molecule has 0 spiro atoms. The zero-order valence-corrected chi connectivity index (χ0v) is 5.86. The summed E-state index contributed by atoms with van der Waals surface area (Å²) in [6.45, 7) is 0.152. The smallest absolute Gasteiger partial charge is 0.157 e. The third-order valence-electron chi connectivity index (χ3n) is 1.63. The van der Waals surface area contributed by atoms with Crippen LogP contribution >= 0.6 is 0 Å². The van der Waals surface area contributed by atoms with Gasteiger partial charge in [-0.25, -0.2) is 0 Å². The Labute approximate surface area is 59.4 Å². The number of hydrogen-bond acceptors (Lipinski definition) is 4. The van der Waals surface area contributed by atoms with Crippen LogP contribution in [0.3, 0.4) is 0 Å². The molecule has 1 rings (SSSR count). The van der Waals surface area contributed by atoms with Crippen molar-refractivity contribution in [3.05, 3.63) is 0 Å². The predicted molar refractivity (Wildman–Crippen MR) is 33.4 cm³/mol. The van der Waals surface area contributed by atoms with E-state index in [1.807, 2.05) is 0 Å². The van der Waals surface area contributed by atoms with E-state index in [2.05, 4.69) is 0 Å². The van der Waals surface area contributed by atoms with Gasteiger partial charge in [0.2, 0.25) is 0 Å². The molecule has 10 heavy (non-hydrogen) atoms. The van der Waals surface area contributed by atoms with Crippen LogP contribution in [0.1, 0.15) is 6.42 Å². The largest absolute Gasteiger partial charge is 0.388 e. The normalized spacial score (nSPS) is 41.7. The van der Waals surface area contributed by atoms with E-state index in [9.17, 15) is 0 Å². The first-order chi connectivity index (χ1) is 4.74. The van der Waals surface area contributed by atoms with Crippen molar-refractivity contribution in [3.63, 3.8) is 0 Å². The molecule has 0 bridgehead atoms. The second-order valence-corrected chi connectivity index (χ2v) is 2.37. The first-order valence-electron chi connectivity index (χ1n) is 3.24. The summed E-state index contributed by atoms with van der Waals surface area (Å²) in [4.78, 5) is 0. The van der Waals surface area contributed by atoms with E-state index in [1.165, 1.54) is 7.11 Å². The van der Waals surface area contributed by atoms with Gasteiger partial charge in [-0.2, -0.15) is 0 Å². The van der Waals surface area contributed by atoms with Gasteiger partial charge in [0.15, 0.2) is 6.29 Å². The van der Waals surface area contributed by atoms with Gasteiger partial charge in [-0.15, -0.1) is 0 Å². The van der Waals surface area contributed by atoms with Crippen LogP contribution in [0.4, 0.5) is 0 Å². The van der Waals surface area contributed by atoms with Crippen LogP contribution in [0, 0.1) is 0 Å². The molecule has 0 aliphatic carbocycles. The number of hydrogen-bond donors (Lipinski definition) is 2. The van der Waals surface area contributed by atoms with Gasteiger partial charge >= 0.3 is 0 Å². The summed E-state index contributed by atoms with van der Waals surface area (Å²) in [5.41, 5.74) is 0. The van der Waals surface area contributed by atoms with E-state index in [0.717, 1.165) is 0 Å². The van der Waals surface area contributed by atoms with Gasteiger partial charge in [0.05, 0.1) is 12.7 Å². The highest BCUT2D eigenvalue weighted by Gasteiger charge is 2.28. The molecule has 0 aromatic carbocycles. The SMILES string of the molecule is CO[C@@H]1C[C@@H](O)OC[C@H]1O. The molecule has 1 fully saturated rings. The Morgan fingerprint density at radius 3 is 2.70 bits per heavy atom. The fourth-order valence-electron chi connectivity index (χ4n) is 0.994. The van der Waals surface area contributed by atoms with Crippen LogP contribution < -0.4 is 0 Å². The summed E-state index contributed by atoms with van der Waals surface area (Å²) < 4.78 is 9.63. The number of aliphatic hydroxyl groups excluding tert-OH is 2. The van der Waals surface area contributed by atoms with Crippen LogP contribution in [0.25, 0.3) is 0 Å². The first kappa shape index (κ1) is 7.94. The van der Waals surface area contributed by atoms with Crippen LogP contribution in [-0.2, 0) is 9.47 Å². The van der Waals surface area contributed by atoms with Gasteiger partial charge in [-0.05, 0) is 0 Å². The van der Waals surface area contributed by atoms with E-state index in [-0.39, 0.29) is 12.7 Å². The van der Waals surface area contributed by atoms with Crippen LogP contribution in [0.15, 0.2) is 0 Å². The molecule has 3 atom stereocenters. The van der Waals surface area contributed by atoms with Crippen LogP contribution in [0.2, 0.25) is 0 Å². The number of rotatable bonds is 1. The van der Waals surface area contributed by atoms with Gasteiger partial charge in [0.25, 0.3) is 0 Å². The third-order valence-corrected chi connectivity index (χ3v) is 1.63. The summed E-state index contributed by atoms with van der Waals surface area (Å²) in [6.07, 6.45) is -1.33. The lowest BCUT2D eigenvalue weighted by atomic mass is 10.1. The second kappa shape index (κ2) is 3.30. The molecule has 1 heterocycles. The average molecular weight is 148 g/mol. The molecule has 4 heteroatoms. The van der Waals surface area contributed by atoms with Crippen molar-refractivity contribution in [1.82, 2.24) is 0 Å². The molecular formula is C6H12O4. The quantitative estimate of drug-likeness (QED) is 0.506. The van der Waals surface area contributed by atoms with Crippen LogP contribution in [-0.4, -0.2) is 42.4 Å². The summed E-state index contributed by atoms with van der Waals surface area (Å²) in [6, 6.07) is 0. The van der Waals surface area contributed by atoms with Crippen molar-refractivity contribution in [3.8, 4) is 0 Å². The van der Waals surface area contributed by atoms with Crippen molar-refractivity contribution < 1.29 is 19.7 Å². The Balaban J connectivity index is 2.38. The van der Waals surface area contributed by atoms with E-state index in [1.54, 1.807) is 0 Å². The standard InChI is InChI=1S/C6H12O4/c1-9-5-2-6(8)10-3-4(5)7/h4-8H,2-3H2,1H3/t4-,5-,6+/m1/s1. The Hall–Kier alpha value is -0.160. The minimum atomic E-state index is -0.784. The molecule has 4 nitrogen and oxygen atoms in total. The molecule has 0 unspecified atom stereocenters. The van der Waals surface area contributed by atoms with E-state index in [4.69, 9.17) is 19.7 Å². The molecule has 1 aliphatic heterocycles. The van der Waals surface area contributed by atoms with Crippen molar-refractivity contribution in [2.75, 3.05) is 13.7 Å². The lowest BCUT2D eigenvalue weighted by molar-refractivity contribution is -0.199. The highest BCUT2D eigenvalue weighted by Crippen LogP contribution is 2.14. The minimum Gasteiger partial charge on any atom is -0.388 e. The topological polar surface area (TPSA) is 58.9 Å². The fraction of sp³-hybridized carbons (Fsp3) is 1.00. The Bertz CT molecular complexity index is 106. The molecule has 60 valence electrons. The molecule has 0 aromatic rings. The van der Waals surface area contributed by atoms with Crippen molar-refractivity contribution >= 4 is 0 Å². The molecule has 0 saturated carbocycles. The van der Waals surface area contributed by atoms with E-state index < -0.39 is 12.4 Å². The van der Waals surface area contributed by atoms with Crippen molar-refractivity contribution in [2.45, 2.75) is 24.9 Å². The highest BCUT2D eigenvalue weighted by atomic mass is 16.6. The maximum absolute atomic E-state index is 9.13. The molecule has 1 aliphatic rings. The molecule has 0 aromatic heterocycles. The average Bonchev–Trinajstić information content (AvgIpc) is 1.94. The summed E-state index contributed by atoms with van der Waals surface area (Å²) in [7, 11) is 1.51. The molecule has 2 N–H and O–H groups in total. The summed E-state index contributed by atoms with van der Waals surface area (Å²) in [5, 5.41) is 18.0. The maximum Gasteiger partial charge on any atom is 0.157 e. The number of aliphatic hydroxyl groups is 2. The first-order valence-corrected chi connectivity index (χ1v) is 3.24. The monoisotopic (exact) mass is 148 g/mol. The number of methoxy groups -OCH3 is 1.